The highest BCUT2D eigenvalue weighted by atomic mass is 32.1. The molecule has 1 atom stereocenters. The molecule has 1 fully saturated rings. The molecule has 1 saturated carbocycles. The maximum atomic E-state index is 14.0. The van der Waals surface area contributed by atoms with E-state index >= 15 is 0 Å². The number of thiazole rings is 1. The first-order valence-corrected chi connectivity index (χ1v) is 14.2. The van der Waals surface area contributed by atoms with Crippen LogP contribution in [0.2, 0.25) is 0 Å². The van der Waals surface area contributed by atoms with Gasteiger partial charge in [0.2, 0.25) is 17.7 Å². The number of hydrogen-bond acceptors (Lipinski definition) is 9. The number of amides is 1. The number of nitrogens with zero attached hydrogens (tertiary/aromatic N) is 5. The largest absolute Gasteiger partial charge is 0.445 e. The molecule has 0 radical (unpaired) electrons. The fraction of sp³-hybridized carbons (Fsp3) is 0.300. The number of carbonyl (C=O) groups excluding carboxylic acids is 1. The van der Waals surface area contributed by atoms with Gasteiger partial charge in [0.25, 0.3) is 5.91 Å². The van der Waals surface area contributed by atoms with Crippen LogP contribution in [0.25, 0.3) is 22.9 Å². The van der Waals surface area contributed by atoms with Crippen molar-refractivity contribution < 1.29 is 13.6 Å². The molecule has 0 spiro atoms. The highest BCUT2D eigenvalue weighted by Crippen LogP contribution is 2.33. The van der Waals surface area contributed by atoms with Gasteiger partial charge >= 0.3 is 0 Å². The maximum absolute atomic E-state index is 14.0. The number of nitrogens with two attached hydrogens (primary N) is 1. The molecule has 2 N–H and O–H groups in total. The third-order valence-electron chi connectivity index (χ3n) is 7.18. The van der Waals surface area contributed by atoms with E-state index in [1.165, 1.54) is 6.26 Å². The second-order valence-corrected chi connectivity index (χ2v) is 11.5. The molecule has 3 heterocycles. The molecule has 2 aromatic carbocycles. The molecule has 0 saturated heterocycles. The predicted molar refractivity (Wildman–Crippen MR) is 151 cm³/mol. The predicted octanol–water partition coefficient (Wildman–Crippen LogP) is 5.77. The average molecular weight is 555 g/mol. The summed E-state index contributed by atoms with van der Waals surface area (Å²) in [4.78, 5) is 24.9. The smallest absolute Gasteiger partial charge is 0.254 e. The van der Waals surface area contributed by atoms with Gasteiger partial charge in [0.1, 0.15) is 11.3 Å². The summed E-state index contributed by atoms with van der Waals surface area (Å²) >= 11 is 1.57. The van der Waals surface area contributed by atoms with E-state index in [9.17, 15) is 4.79 Å². The fourth-order valence-corrected chi connectivity index (χ4v) is 5.65. The summed E-state index contributed by atoms with van der Waals surface area (Å²) in [5.74, 6) is 0.901. The lowest BCUT2D eigenvalue weighted by Crippen LogP contribution is -2.43. The van der Waals surface area contributed by atoms with Crippen molar-refractivity contribution in [2.75, 3.05) is 0 Å². The van der Waals surface area contributed by atoms with Gasteiger partial charge in [-0.2, -0.15) is 0 Å². The zero-order valence-corrected chi connectivity index (χ0v) is 23.2. The quantitative estimate of drug-likeness (QED) is 0.244. The van der Waals surface area contributed by atoms with Crippen LogP contribution in [0.3, 0.4) is 0 Å². The van der Waals surface area contributed by atoms with Crippen molar-refractivity contribution >= 4 is 17.2 Å². The molecule has 0 aliphatic heterocycles. The van der Waals surface area contributed by atoms with E-state index in [1.54, 1.807) is 29.7 Å². The zero-order valence-electron chi connectivity index (χ0n) is 22.4. The van der Waals surface area contributed by atoms with Crippen LogP contribution in [0, 0.1) is 6.92 Å². The van der Waals surface area contributed by atoms with Crippen molar-refractivity contribution in [3.8, 4) is 22.9 Å². The number of hydrogen-bond donors (Lipinski definition) is 1. The Bertz CT molecular complexity index is 1610. The van der Waals surface area contributed by atoms with Crippen LogP contribution >= 0.6 is 11.3 Å². The Balaban J connectivity index is 1.35. The van der Waals surface area contributed by atoms with Gasteiger partial charge in [0, 0.05) is 33.8 Å². The molecule has 1 aliphatic rings. The Labute approximate surface area is 236 Å². The monoisotopic (exact) mass is 554 g/mol. The Morgan fingerprint density at radius 1 is 1.12 bits per heavy atom. The molecule has 1 amide bonds. The number of oxazole rings is 1. The minimum atomic E-state index is -0.877. The van der Waals surface area contributed by atoms with E-state index in [0.29, 0.717) is 41.4 Å². The Morgan fingerprint density at radius 3 is 2.55 bits per heavy atom. The summed E-state index contributed by atoms with van der Waals surface area (Å²) in [6.45, 7) is 4.30. The second kappa shape index (κ2) is 10.8. The summed E-state index contributed by atoms with van der Waals surface area (Å²) in [5.41, 5.74) is 9.50. The summed E-state index contributed by atoms with van der Waals surface area (Å²) in [6, 6.07) is 15.5. The number of rotatable bonds is 9. The minimum Gasteiger partial charge on any atom is -0.445 e. The number of carbonyl (C=O) groups is 1. The molecule has 10 heteroatoms. The number of aromatic nitrogens is 4. The van der Waals surface area contributed by atoms with E-state index in [4.69, 9.17) is 14.6 Å². The van der Waals surface area contributed by atoms with Crippen LogP contribution in [0.4, 0.5) is 0 Å². The van der Waals surface area contributed by atoms with Gasteiger partial charge in [-0.1, -0.05) is 30.3 Å². The van der Waals surface area contributed by atoms with Crippen LogP contribution in [-0.2, 0) is 18.5 Å². The van der Waals surface area contributed by atoms with Gasteiger partial charge in [0.05, 0.1) is 18.3 Å². The molecule has 9 nitrogen and oxygen atoms in total. The Hall–Kier alpha value is -4.15. The highest BCUT2D eigenvalue weighted by molar-refractivity contribution is 7.09. The lowest BCUT2D eigenvalue weighted by Gasteiger charge is -2.37. The zero-order chi connectivity index (χ0) is 27.7. The SMILES string of the molecule is Cc1csc(CN(C(=O)c2cc(-c3ncco3)cc(-c3nnc([C@](C)(N)Cc4ccccc4)o3)c2)C2CCC2)n1. The van der Waals surface area contributed by atoms with E-state index in [-0.39, 0.29) is 17.8 Å². The van der Waals surface area contributed by atoms with Crippen LogP contribution in [0.15, 0.2) is 75.2 Å². The Morgan fingerprint density at radius 2 is 1.90 bits per heavy atom. The van der Waals surface area contributed by atoms with Crippen LogP contribution in [0.5, 0.6) is 0 Å². The highest BCUT2D eigenvalue weighted by Gasteiger charge is 2.32. The van der Waals surface area contributed by atoms with Crippen molar-refractivity contribution in [3.05, 3.63) is 94.1 Å². The summed E-state index contributed by atoms with van der Waals surface area (Å²) in [5, 5.41) is 11.5. The second-order valence-electron chi connectivity index (χ2n) is 10.5. The van der Waals surface area contributed by atoms with Gasteiger partial charge in [-0.05, 0) is 63.3 Å². The standard InChI is InChI=1S/C30H30N6O3S/c1-19-18-40-25(33-19)17-36(24-9-6-10-24)28(37)23-14-21(26-32-11-12-38-26)13-22(15-23)27-34-35-29(39-27)30(2,31)16-20-7-4-3-5-8-20/h3-5,7-8,11-15,18,24H,6,9-10,16-17,31H2,1-2H3/t30-/m1/s1. The lowest BCUT2D eigenvalue weighted by molar-refractivity contribution is 0.0556. The van der Waals surface area contributed by atoms with E-state index in [2.05, 4.69) is 20.2 Å². The summed E-state index contributed by atoms with van der Waals surface area (Å²) in [6.07, 6.45) is 6.67. The van der Waals surface area contributed by atoms with Crippen molar-refractivity contribution in [3.63, 3.8) is 0 Å². The molecule has 0 bridgehead atoms. The average Bonchev–Trinajstić information content (AvgIpc) is 3.69. The normalized spacial score (nSPS) is 15.0. The van der Waals surface area contributed by atoms with Crippen molar-refractivity contribution in [1.82, 2.24) is 25.1 Å². The summed E-state index contributed by atoms with van der Waals surface area (Å²) in [7, 11) is 0. The lowest BCUT2D eigenvalue weighted by atomic mass is 9.90. The van der Waals surface area contributed by atoms with E-state index in [1.807, 2.05) is 60.5 Å². The molecule has 40 heavy (non-hydrogen) atoms. The maximum Gasteiger partial charge on any atom is 0.254 e. The van der Waals surface area contributed by atoms with Gasteiger partial charge in [-0.15, -0.1) is 21.5 Å². The van der Waals surface area contributed by atoms with E-state index in [0.717, 1.165) is 35.5 Å². The van der Waals surface area contributed by atoms with Gasteiger partial charge in [0.15, 0.2) is 0 Å². The molecular weight excluding hydrogens is 524 g/mol. The third-order valence-corrected chi connectivity index (χ3v) is 8.13. The van der Waals surface area contributed by atoms with Crippen molar-refractivity contribution in [1.29, 1.82) is 0 Å². The third kappa shape index (κ3) is 5.45. The first-order valence-electron chi connectivity index (χ1n) is 13.3. The van der Waals surface area contributed by atoms with Gasteiger partial charge in [-0.3, -0.25) is 4.79 Å². The molecule has 5 aromatic rings. The number of benzene rings is 2. The van der Waals surface area contributed by atoms with Gasteiger partial charge in [-0.25, -0.2) is 9.97 Å². The molecule has 204 valence electrons. The first-order chi connectivity index (χ1) is 19.4. The molecule has 1 aliphatic carbocycles. The molecule has 6 rings (SSSR count). The number of aryl methyl sites for hydroxylation is 1. The molecule has 3 aromatic heterocycles. The topological polar surface area (TPSA) is 124 Å². The fourth-order valence-electron chi connectivity index (χ4n) is 4.88. The van der Waals surface area contributed by atoms with Crippen LogP contribution < -0.4 is 5.73 Å². The molecular formula is C30H30N6O3S. The van der Waals surface area contributed by atoms with Crippen LogP contribution in [-0.4, -0.2) is 37.0 Å². The Kier molecular flexibility index (Phi) is 7.03. The van der Waals surface area contributed by atoms with Crippen molar-refractivity contribution in [2.45, 2.75) is 57.7 Å². The minimum absolute atomic E-state index is 0.0836. The van der Waals surface area contributed by atoms with Crippen LogP contribution in [0.1, 0.15) is 58.7 Å². The first kappa shape index (κ1) is 26.1. The van der Waals surface area contributed by atoms with Gasteiger partial charge < -0.3 is 19.5 Å². The van der Waals surface area contributed by atoms with Crippen molar-refractivity contribution in [2.24, 2.45) is 5.73 Å². The molecule has 0 unspecified atom stereocenters. The summed E-state index contributed by atoms with van der Waals surface area (Å²) < 4.78 is 11.7. The van der Waals surface area contributed by atoms with E-state index < -0.39 is 5.54 Å².